The van der Waals surface area contributed by atoms with E-state index in [1.54, 1.807) is 6.07 Å². The molecule has 0 fully saturated rings. The van der Waals surface area contributed by atoms with E-state index in [2.05, 4.69) is 18.8 Å². The van der Waals surface area contributed by atoms with Gasteiger partial charge in [-0.1, -0.05) is 50.6 Å². The van der Waals surface area contributed by atoms with E-state index in [-0.39, 0.29) is 0 Å². The van der Waals surface area contributed by atoms with Gasteiger partial charge in [0.1, 0.15) is 16.4 Å². The van der Waals surface area contributed by atoms with Gasteiger partial charge in [0.25, 0.3) is 0 Å². The molecule has 0 aliphatic rings. The number of hydrogen-bond donors (Lipinski definition) is 0. The highest BCUT2D eigenvalue weighted by molar-refractivity contribution is 7.99. The molecule has 2 rings (SSSR count). The highest BCUT2D eigenvalue weighted by Crippen LogP contribution is 2.42. The van der Waals surface area contributed by atoms with E-state index in [0.717, 1.165) is 52.5 Å². The van der Waals surface area contributed by atoms with Crippen LogP contribution in [0.3, 0.4) is 0 Å². The van der Waals surface area contributed by atoms with E-state index in [0.29, 0.717) is 18.9 Å². The molecule has 0 N–H and O–H groups in total. The Labute approximate surface area is 160 Å². The predicted molar refractivity (Wildman–Crippen MR) is 107 cm³/mol. The molecule has 26 heavy (non-hydrogen) atoms. The van der Waals surface area contributed by atoms with E-state index in [4.69, 9.17) is 9.47 Å². The molecule has 0 aliphatic heterocycles. The topological polar surface area (TPSA) is 46.6 Å². The van der Waals surface area contributed by atoms with E-state index >= 15 is 0 Å². The summed E-state index contributed by atoms with van der Waals surface area (Å²) in [4.78, 5) is 5.22. The second-order valence-corrected chi connectivity index (χ2v) is 7.22. The minimum atomic E-state index is 0.547. The summed E-state index contributed by atoms with van der Waals surface area (Å²) in [5.74, 6) is 1.72. The van der Waals surface area contributed by atoms with Crippen LogP contribution in [0, 0.1) is 12.3 Å². The quantitative estimate of drug-likeness (QED) is 0.333. The standard InChI is InChI=1S/C21H27N2O2S/c1-4-6-12-24-18-15-21(19(14-16(18)3)25-13-7-5-2)26-20-11-9-8-10-17(20)23-22/h8-11,14-15H,4-7,12-13H2,1-3H3/q+1. The van der Waals surface area contributed by atoms with Crippen LogP contribution in [0.1, 0.15) is 45.1 Å². The summed E-state index contributed by atoms with van der Waals surface area (Å²) in [5, 5.41) is 9.24. The van der Waals surface area contributed by atoms with Crippen molar-refractivity contribution in [3.63, 3.8) is 0 Å². The van der Waals surface area contributed by atoms with E-state index in [1.807, 2.05) is 37.3 Å². The highest BCUT2D eigenvalue weighted by Gasteiger charge is 2.18. The van der Waals surface area contributed by atoms with Crippen LogP contribution in [0.5, 0.6) is 11.5 Å². The molecule has 5 heteroatoms. The van der Waals surface area contributed by atoms with Gasteiger partial charge >= 0.3 is 5.69 Å². The lowest BCUT2D eigenvalue weighted by Crippen LogP contribution is -2.02. The van der Waals surface area contributed by atoms with Gasteiger partial charge in [-0.2, -0.15) is 0 Å². The second kappa shape index (κ2) is 10.7. The number of benzene rings is 2. The van der Waals surface area contributed by atoms with Gasteiger partial charge in [0, 0.05) is 6.07 Å². The second-order valence-electron chi connectivity index (χ2n) is 6.14. The first-order chi connectivity index (χ1) is 12.7. The molecule has 2 aromatic carbocycles. The largest absolute Gasteiger partial charge is 0.493 e. The lowest BCUT2D eigenvalue weighted by atomic mass is 10.2. The fraction of sp³-hybridized carbons (Fsp3) is 0.429. The minimum absolute atomic E-state index is 0.547. The number of nitrogens with zero attached hydrogens (tertiary/aromatic N) is 2. The number of hydrogen-bond acceptors (Lipinski definition) is 4. The maximum atomic E-state index is 9.24. The van der Waals surface area contributed by atoms with Crippen molar-refractivity contribution in [2.45, 2.75) is 56.2 Å². The third kappa shape index (κ3) is 5.67. The molecule has 0 aliphatic carbocycles. The molecule has 0 amide bonds. The zero-order valence-corrected chi connectivity index (χ0v) is 16.6. The fourth-order valence-electron chi connectivity index (χ4n) is 2.39. The summed E-state index contributed by atoms with van der Waals surface area (Å²) in [6, 6.07) is 11.6. The fourth-order valence-corrected chi connectivity index (χ4v) is 3.37. The lowest BCUT2D eigenvalue weighted by molar-refractivity contribution is 0.293. The molecule has 0 bridgehead atoms. The molecule has 0 atom stereocenters. The van der Waals surface area contributed by atoms with Crippen molar-refractivity contribution >= 4 is 17.4 Å². The van der Waals surface area contributed by atoms with Gasteiger partial charge in [0.15, 0.2) is 4.98 Å². The Hall–Kier alpha value is -2.19. The van der Waals surface area contributed by atoms with Crippen LogP contribution in [0.2, 0.25) is 0 Å². The van der Waals surface area contributed by atoms with Gasteiger partial charge in [0.05, 0.1) is 18.1 Å². The molecule has 138 valence electrons. The van der Waals surface area contributed by atoms with E-state index < -0.39 is 0 Å². The van der Waals surface area contributed by atoms with Crippen molar-refractivity contribution in [3.8, 4) is 11.5 Å². The molecule has 0 aromatic heterocycles. The van der Waals surface area contributed by atoms with Crippen molar-refractivity contribution < 1.29 is 9.47 Å². The molecule has 2 aromatic rings. The van der Waals surface area contributed by atoms with E-state index in [1.165, 1.54) is 11.8 Å². The number of ether oxygens (including phenoxy) is 2. The number of aryl methyl sites for hydroxylation is 1. The van der Waals surface area contributed by atoms with Crippen LogP contribution in [-0.2, 0) is 0 Å². The maximum absolute atomic E-state index is 9.24. The molecule has 0 saturated carbocycles. The van der Waals surface area contributed by atoms with Crippen molar-refractivity contribution in [1.29, 1.82) is 5.39 Å². The number of diazo groups is 1. The minimum Gasteiger partial charge on any atom is -0.493 e. The number of unbranched alkanes of at least 4 members (excludes halogenated alkanes) is 2. The van der Waals surface area contributed by atoms with Gasteiger partial charge in [-0.25, -0.2) is 0 Å². The molecule has 4 nitrogen and oxygen atoms in total. The molecule has 0 unspecified atom stereocenters. The maximum Gasteiger partial charge on any atom is 0.398 e. The Bertz CT molecular complexity index is 756. The third-order valence-corrected chi connectivity index (χ3v) is 5.05. The summed E-state index contributed by atoms with van der Waals surface area (Å²) in [6.07, 6.45) is 4.24. The Kier molecular flexibility index (Phi) is 8.30. The Morgan fingerprint density at radius 1 is 0.923 bits per heavy atom. The summed E-state index contributed by atoms with van der Waals surface area (Å²) < 4.78 is 12.0. The van der Waals surface area contributed by atoms with Crippen LogP contribution in [0.4, 0.5) is 5.69 Å². The van der Waals surface area contributed by atoms with E-state index in [9.17, 15) is 5.39 Å². The Morgan fingerprint density at radius 3 is 2.23 bits per heavy atom. The van der Waals surface area contributed by atoms with Gasteiger partial charge in [-0.05, 0) is 43.5 Å². The molecule has 0 spiro atoms. The molecule has 0 radical (unpaired) electrons. The first-order valence-corrected chi connectivity index (χ1v) is 10.0. The zero-order chi connectivity index (χ0) is 18.8. The molecule has 0 saturated heterocycles. The molecular weight excluding hydrogens is 344 g/mol. The average molecular weight is 372 g/mol. The first kappa shape index (κ1) is 20.1. The van der Waals surface area contributed by atoms with Crippen molar-refractivity contribution in [2.75, 3.05) is 13.2 Å². The van der Waals surface area contributed by atoms with Crippen LogP contribution in [-0.4, -0.2) is 13.2 Å². The van der Waals surface area contributed by atoms with Gasteiger partial charge < -0.3 is 9.47 Å². The lowest BCUT2D eigenvalue weighted by Gasteiger charge is -2.15. The number of rotatable bonds is 10. The molecule has 0 heterocycles. The van der Waals surface area contributed by atoms with Crippen LogP contribution >= 0.6 is 11.8 Å². The Balaban J connectivity index is 2.31. The first-order valence-electron chi connectivity index (χ1n) is 9.21. The summed E-state index contributed by atoms with van der Waals surface area (Å²) in [6.45, 7) is 7.73. The normalized spacial score (nSPS) is 10.4. The molecular formula is C21H27N2O2S+. The van der Waals surface area contributed by atoms with Gasteiger partial charge in [-0.15, -0.1) is 0 Å². The van der Waals surface area contributed by atoms with Crippen LogP contribution in [0.15, 0.2) is 46.2 Å². The summed E-state index contributed by atoms with van der Waals surface area (Å²) in [5.41, 5.74) is 1.61. The zero-order valence-electron chi connectivity index (χ0n) is 15.8. The van der Waals surface area contributed by atoms with Crippen LogP contribution < -0.4 is 9.47 Å². The monoisotopic (exact) mass is 371 g/mol. The van der Waals surface area contributed by atoms with Crippen molar-refractivity contribution in [1.82, 2.24) is 0 Å². The summed E-state index contributed by atoms with van der Waals surface area (Å²) in [7, 11) is 0. The third-order valence-electron chi connectivity index (χ3n) is 3.95. The SMILES string of the molecule is CCCCOc1cc(Sc2ccccc2[N+]#N)c(OCCCC)cc1C. The van der Waals surface area contributed by atoms with Gasteiger partial charge in [-0.3, -0.25) is 0 Å². The highest BCUT2D eigenvalue weighted by atomic mass is 32.2. The smallest absolute Gasteiger partial charge is 0.398 e. The van der Waals surface area contributed by atoms with Crippen molar-refractivity contribution in [2.24, 2.45) is 0 Å². The summed E-state index contributed by atoms with van der Waals surface area (Å²) >= 11 is 1.53. The Morgan fingerprint density at radius 2 is 1.58 bits per heavy atom. The van der Waals surface area contributed by atoms with Crippen molar-refractivity contribution in [3.05, 3.63) is 46.9 Å². The predicted octanol–water partition coefficient (Wildman–Crippen LogP) is 6.99. The van der Waals surface area contributed by atoms with Crippen LogP contribution in [0.25, 0.3) is 4.98 Å². The van der Waals surface area contributed by atoms with Gasteiger partial charge in [0.2, 0.25) is 5.39 Å². The average Bonchev–Trinajstić information content (AvgIpc) is 2.65.